The van der Waals surface area contributed by atoms with Gasteiger partial charge in [0.05, 0.1) is 26.4 Å². The summed E-state index contributed by atoms with van der Waals surface area (Å²) in [4.78, 5) is 0. The van der Waals surface area contributed by atoms with Crippen molar-refractivity contribution < 1.29 is 14.2 Å². The van der Waals surface area contributed by atoms with E-state index in [0.717, 1.165) is 32.7 Å². The highest BCUT2D eigenvalue weighted by Gasteiger charge is 1.90. The van der Waals surface area contributed by atoms with Gasteiger partial charge in [-0.2, -0.15) is 0 Å². The second-order valence-corrected chi connectivity index (χ2v) is 3.39. The van der Waals surface area contributed by atoms with E-state index in [4.69, 9.17) is 25.8 Å². The van der Waals surface area contributed by atoms with Crippen LogP contribution < -0.4 is 5.32 Å². The van der Waals surface area contributed by atoms with Gasteiger partial charge in [-0.15, -0.1) is 11.6 Å². The van der Waals surface area contributed by atoms with E-state index in [-0.39, 0.29) is 0 Å². The predicted octanol–water partition coefficient (Wildman–Crippen LogP) is 0.885. The molecule has 1 N–H and O–H groups in total. The fourth-order valence-electron chi connectivity index (χ4n) is 0.970. The maximum absolute atomic E-state index is 5.45. The van der Waals surface area contributed by atoms with Crippen molar-refractivity contribution in [1.82, 2.24) is 5.32 Å². The Morgan fingerprint density at radius 2 is 1.73 bits per heavy atom. The van der Waals surface area contributed by atoms with Crippen LogP contribution in [0.25, 0.3) is 0 Å². The Morgan fingerprint density at radius 3 is 2.47 bits per heavy atom. The molecule has 0 aromatic rings. The van der Waals surface area contributed by atoms with Gasteiger partial charge in [0.25, 0.3) is 0 Å². The smallest absolute Gasteiger partial charge is 0.0700 e. The summed E-state index contributed by atoms with van der Waals surface area (Å²) >= 11 is 5.45. The number of rotatable bonds is 12. The molecule has 0 saturated heterocycles. The second kappa shape index (κ2) is 14.1. The first-order chi connectivity index (χ1) is 7.41. The zero-order chi connectivity index (χ0) is 11.2. The number of hydrogen-bond acceptors (Lipinski definition) is 4. The Bertz CT molecular complexity index is 105. The van der Waals surface area contributed by atoms with Gasteiger partial charge in [0.2, 0.25) is 0 Å². The predicted molar refractivity (Wildman–Crippen MR) is 61.7 cm³/mol. The fraction of sp³-hybridized carbons (Fsp3) is 1.00. The molecule has 15 heavy (non-hydrogen) atoms. The third-order valence-corrected chi connectivity index (χ3v) is 1.87. The number of hydrogen-bond donors (Lipinski definition) is 1. The van der Waals surface area contributed by atoms with Crippen LogP contribution in [0.3, 0.4) is 0 Å². The Hall–Kier alpha value is 0.130. The molecule has 0 saturated carbocycles. The summed E-state index contributed by atoms with van der Waals surface area (Å²) in [6, 6.07) is 0. The molecular formula is C10H22ClNO3. The number of halogens is 1. The minimum absolute atomic E-state index is 0.563. The van der Waals surface area contributed by atoms with E-state index in [1.165, 1.54) is 0 Å². The first-order valence-electron chi connectivity index (χ1n) is 5.33. The maximum atomic E-state index is 5.45. The average Bonchev–Trinajstić information content (AvgIpc) is 2.26. The van der Waals surface area contributed by atoms with Gasteiger partial charge in [-0.3, -0.25) is 0 Å². The molecule has 0 bridgehead atoms. The third-order valence-electron chi connectivity index (χ3n) is 1.72. The van der Waals surface area contributed by atoms with Crippen molar-refractivity contribution >= 4 is 11.6 Å². The third kappa shape index (κ3) is 14.1. The van der Waals surface area contributed by atoms with Crippen molar-refractivity contribution in [2.24, 2.45) is 0 Å². The molecule has 0 aliphatic heterocycles. The summed E-state index contributed by atoms with van der Waals surface area (Å²) in [5.74, 6) is 0.563. The lowest BCUT2D eigenvalue weighted by atomic mass is 10.4. The van der Waals surface area contributed by atoms with Crippen LogP contribution in [0.15, 0.2) is 0 Å². The minimum Gasteiger partial charge on any atom is -0.382 e. The van der Waals surface area contributed by atoms with Crippen molar-refractivity contribution in [2.45, 2.75) is 6.42 Å². The molecule has 5 heteroatoms. The van der Waals surface area contributed by atoms with Crippen LogP contribution in [-0.4, -0.2) is 59.1 Å². The zero-order valence-corrected chi connectivity index (χ0v) is 10.2. The molecule has 0 heterocycles. The van der Waals surface area contributed by atoms with Crippen LogP contribution in [0, 0.1) is 0 Å². The number of alkyl halides is 1. The van der Waals surface area contributed by atoms with Gasteiger partial charge in [-0.25, -0.2) is 0 Å². The Morgan fingerprint density at radius 1 is 0.933 bits per heavy atom. The molecule has 0 atom stereocenters. The topological polar surface area (TPSA) is 39.7 Å². The lowest BCUT2D eigenvalue weighted by Crippen LogP contribution is -2.22. The number of methoxy groups -OCH3 is 1. The van der Waals surface area contributed by atoms with Gasteiger partial charge in [0.1, 0.15) is 0 Å². The minimum atomic E-state index is 0.563. The Balaban J connectivity index is 2.81. The van der Waals surface area contributed by atoms with Crippen molar-refractivity contribution in [3.05, 3.63) is 0 Å². The lowest BCUT2D eigenvalue weighted by molar-refractivity contribution is 0.0692. The molecule has 0 unspecified atom stereocenters. The monoisotopic (exact) mass is 239 g/mol. The van der Waals surface area contributed by atoms with Crippen LogP contribution in [0.1, 0.15) is 6.42 Å². The molecule has 0 rings (SSSR count). The largest absolute Gasteiger partial charge is 0.382 e. The lowest BCUT2D eigenvalue weighted by Gasteiger charge is -2.05. The maximum Gasteiger partial charge on any atom is 0.0700 e. The van der Waals surface area contributed by atoms with Crippen LogP contribution >= 0.6 is 11.6 Å². The quantitative estimate of drug-likeness (QED) is 0.406. The molecule has 0 spiro atoms. The van der Waals surface area contributed by atoms with E-state index in [9.17, 15) is 0 Å². The van der Waals surface area contributed by atoms with Gasteiger partial charge in [-0.1, -0.05) is 0 Å². The Kier molecular flexibility index (Phi) is 14.3. The molecule has 0 aromatic heterocycles. The van der Waals surface area contributed by atoms with E-state index >= 15 is 0 Å². The van der Waals surface area contributed by atoms with Crippen LogP contribution in [0.2, 0.25) is 0 Å². The molecule has 0 radical (unpaired) electrons. The first-order valence-corrected chi connectivity index (χ1v) is 5.86. The van der Waals surface area contributed by atoms with E-state index < -0.39 is 0 Å². The van der Waals surface area contributed by atoms with Crippen molar-refractivity contribution in [3.63, 3.8) is 0 Å². The molecule has 0 amide bonds. The van der Waals surface area contributed by atoms with Gasteiger partial charge < -0.3 is 19.5 Å². The first kappa shape index (κ1) is 15.1. The summed E-state index contributed by atoms with van der Waals surface area (Å²) in [6.07, 6.45) is 1.01. The molecule has 0 aliphatic carbocycles. The van der Waals surface area contributed by atoms with Crippen LogP contribution in [-0.2, 0) is 14.2 Å². The van der Waals surface area contributed by atoms with Gasteiger partial charge >= 0.3 is 0 Å². The fourth-order valence-corrected chi connectivity index (χ4v) is 1.08. The highest BCUT2D eigenvalue weighted by molar-refractivity contribution is 6.17. The zero-order valence-electron chi connectivity index (χ0n) is 9.47. The highest BCUT2D eigenvalue weighted by atomic mass is 35.5. The van der Waals surface area contributed by atoms with E-state index in [1.807, 2.05) is 0 Å². The normalized spacial score (nSPS) is 10.8. The number of ether oxygens (including phenoxy) is 3. The summed E-state index contributed by atoms with van der Waals surface area (Å²) in [5.41, 5.74) is 0. The van der Waals surface area contributed by atoms with Crippen molar-refractivity contribution in [3.8, 4) is 0 Å². The molecule has 92 valence electrons. The Labute approximate surface area is 97.2 Å². The van der Waals surface area contributed by atoms with Crippen molar-refractivity contribution in [2.75, 3.05) is 59.1 Å². The standard InChI is InChI=1S/C10H22ClNO3/c1-13-9-10-14-6-2-4-12-5-8-15-7-3-11/h12H,2-10H2,1H3. The number of nitrogens with one attached hydrogen (secondary N) is 1. The SMILES string of the molecule is COCCOCCCNCCOCCCl. The molecular weight excluding hydrogens is 218 g/mol. The van der Waals surface area contributed by atoms with Gasteiger partial charge in [-0.05, 0) is 13.0 Å². The molecule has 0 fully saturated rings. The summed E-state index contributed by atoms with van der Waals surface area (Å²) in [6.45, 7) is 5.29. The van der Waals surface area contributed by atoms with Gasteiger partial charge in [0.15, 0.2) is 0 Å². The van der Waals surface area contributed by atoms with Crippen molar-refractivity contribution in [1.29, 1.82) is 0 Å². The summed E-state index contributed by atoms with van der Waals surface area (Å²) < 4.78 is 15.4. The van der Waals surface area contributed by atoms with E-state index in [0.29, 0.717) is 25.7 Å². The van der Waals surface area contributed by atoms with E-state index in [2.05, 4.69) is 5.32 Å². The highest BCUT2D eigenvalue weighted by Crippen LogP contribution is 1.82. The summed E-state index contributed by atoms with van der Waals surface area (Å²) in [5, 5.41) is 3.26. The average molecular weight is 240 g/mol. The van der Waals surface area contributed by atoms with Crippen LogP contribution in [0.5, 0.6) is 0 Å². The van der Waals surface area contributed by atoms with E-state index in [1.54, 1.807) is 7.11 Å². The molecule has 4 nitrogen and oxygen atoms in total. The van der Waals surface area contributed by atoms with Crippen LogP contribution in [0.4, 0.5) is 0 Å². The molecule has 0 aromatic carbocycles. The summed E-state index contributed by atoms with van der Waals surface area (Å²) in [7, 11) is 1.67. The molecule has 0 aliphatic rings. The van der Waals surface area contributed by atoms with Gasteiger partial charge in [0, 0.05) is 26.1 Å². The second-order valence-electron chi connectivity index (χ2n) is 3.01.